The molecule has 0 aliphatic heterocycles. The van der Waals surface area contributed by atoms with Crippen LogP contribution in [0.4, 0.5) is 0 Å². The first-order valence-electron chi connectivity index (χ1n) is 6.85. The fourth-order valence-electron chi connectivity index (χ4n) is 2.07. The van der Waals surface area contributed by atoms with Crippen molar-refractivity contribution in [3.63, 3.8) is 0 Å². The summed E-state index contributed by atoms with van der Waals surface area (Å²) in [7, 11) is 0. The summed E-state index contributed by atoms with van der Waals surface area (Å²) in [5.74, 6) is 0.858. The standard InChI is InChI=1S/C16H14Cl2N2OS/c17-12-4-3-11(13(18)8-12)5-6-19-10-16-20-9-15(22-16)14-2-1-7-21-14/h1-4,7-9,19H,5-6,10H2. The smallest absolute Gasteiger partial charge is 0.145 e. The molecule has 3 rings (SSSR count). The topological polar surface area (TPSA) is 38.1 Å². The Morgan fingerprint density at radius 1 is 1.23 bits per heavy atom. The van der Waals surface area contributed by atoms with Crippen LogP contribution in [0.3, 0.4) is 0 Å². The van der Waals surface area contributed by atoms with E-state index in [0.717, 1.165) is 40.7 Å². The second kappa shape index (κ2) is 7.29. The van der Waals surface area contributed by atoms with Gasteiger partial charge in [0, 0.05) is 22.8 Å². The predicted molar refractivity (Wildman–Crippen MR) is 91.7 cm³/mol. The van der Waals surface area contributed by atoms with Crippen LogP contribution in [0.15, 0.2) is 47.2 Å². The van der Waals surface area contributed by atoms with Crippen LogP contribution < -0.4 is 5.32 Å². The van der Waals surface area contributed by atoms with Crippen molar-refractivity contribution in [1.29, 1.82) is 0 Å². The SMILES string of the molecule is Clc1ccc(CCNCc2ncc(-c3ccco3)s2)c(Cl)c1. The van der Waals surface area contributed by atoms with Crippen molar-refractivity contribution in [1.82, 2.24) is 10.3 Å². The summed E-state index contributed by atoms with van der Waals surface area (Å²) in [5.41, 5.74) is 1.09. The number of aromatic nitrogens is 1. The van der Waals surface area contributed by atoms with Gasteiger partial charge in [0.2, 0.25) is 0 Å². The van der Waals surface area contributed by atoms with Crippen LogP contribution in [0.1, 0.15) is 10.6 Å². The summed E-state index contributed by atoms with van der Waals surface area (Å²) in [4.78, 5) is 5.44. The lowest BCUT2D eigenvalue weighted by atomic mass is 10.1. The molecule has 0 saturated heterocycles. The van der Waals surface area contributed by atoms with Crippen LogP contribution in [-0.4, -0.2) is 11.5 Å². The molecule has 0 radical (unpaired) electrons. The van der Waals surface area contributed by atoms with Gasteiger partial charge in [-0.2, -0.15) is 0 Å². The first kappa shape index (κ1) is 15.6. The van der Waals surface area contributed by atoms with E-state index < -0.39 is 0 Å². The predicted octanol–water partition coefficient (Wildman–Crippen LogP) is 5.04. The zero-order valence-electron chi connectivity index (χ0n) is 11.7. The lowest BCUT2D eigenvalue weighted by Crippen LogP contribution is -2.16. The molecule has 1 N–H and O–H groups in total. The van der Waals surface area contributed by atoms with Gasteiger partial charge in [-0.15, -0.1) is 11.3 Å². The molecule has 0 aliphatic carbocycles. The number of furan rings is 1. The molecular formula is C16H14Cl2N2OS. The van der Waals surface area contributed by atoms with Gasteiger partial charge in [-0.1, -0.05) is 29.3 Å². The minimum absolute atomic E-state index is 0.662. The Morgan fingerprint density at radius 2 is 2.14 bits per heavy atom. The highest BCUT2D eigenvalue weighted by Gasteiger charge is 2.06. The van der Waals surface area contributed by atoms with Crippen LogP contribution in [0.25, 0.3) is 10.6 Å². The van der Waals surface area contributed by atoms with Crippen molar-refractivity contribution < 1.29 is 4.42 Å². The molecule has 22 heavy (non-hydrogen) atoms. The van der Waals surface area contributed by atoms with Crippen molar-refractivity contribution in [2.24, 2.45) is 0 Å². The maximum absolute atomic E-state index is 6.15. The van der Waals surface area contributed by atoms with E-state index in [1.54, 1.807) is 23.7 Å². The third-order valence-corrected chi connectivity index (χ3v) is 4.78. The number of nitrogens with zero attached hydrogens (tertiary/aromatic N) is 1. The Labute approximate surface area is 142 Å². The van der Waals surface area contributed by atoms with Gasteiger partial charge < -0.3 is 9.73 Å². The Balaban J connectivity index is 1.49. The second-order valence-electron chi connectivity index (χ2n) is 4.76. The second-order valence-corrected chi connectivity index (χ2v) is 6.72. The highest BCUT2D eigenvalue weighted by molar-refractivity contribution is 7.15. The number of nitrogens with one attached hydrogen (secondary N) is 1. The highest BCUT2D eigenvalue weighted by Crippen LogP contribution is 2.26. The molecule has 0 spiro atoms. The molecule has 0 bridgehead atoms. The normalized spacial score (nSPS) is 11.0. The van der Waals surface area contributed by atoms with Gasteiger partial charge in [0.05, 0.1) is 11.1 Å². The van der Waals surface area contributed by atoms with Gasteiger partial charge in [-0.25, -0.2) is 4.98 Å². The molecule has 3 nitrogen and oxygen atoms in total. The number of thiazole rings is 1. The zero-order chi connectivity index (χ0) is 15.4. The van der Waals surface area contributed by atoms with Crippen LogP contribution in [0.2, 0.25) is 10.0 Å². The fourth-order valence-corrected chi connectivity index (χ4v) is 3.43. The van der Waals surface area contributed by atoms with E-state index in [1.807, 2.05) is 30.5 Å². The molecule has 2 heterocycles. The third kappa shape index (κ3) is 3.90. The van der Waals surface area contributed by atoms with Crippen LogP contribution in [0.5, 0.6) is 0 Å². The van der Waals surface area contributed by atoms with Gasteiger partial charge in [-0.3, -0.25) is 0 Å². The van der Waals surface area contributed by atoms with Crippen LogP contribution in [0, 0.1) is 0 Å². The number of halogens is 2. The van der Waals surface area contributed by atoms with Crippen LogP contribution in [-0.2, 0) is 13.0 Å². The summed E-state index contributed by atoms with van der Waals surface area (Å²) in [6.45, 7) is 1.56. The molecule has 1 aromatic carbocycles. The lowest BCUT2D eigenvalue weighted by Gasteiger charge is -2.05. The minimum atomic E-state index is 0.662. The molecule has 0 unspecified atom stereocenters. The number of rotatable bonds is 6. The van der Waals surface area contributed by atoms with Gasteiger partial charge in [0.1, 0.15) is 10.8 Å². The largest absolute Gasteiger partial charge is 0.463 e. The van der Waals surface area contributed by atoms with E-state index in [9.17, 15) is 0 Å². The quantitative estimate of drug-likeness (QED) is 0.631. The average molecular weight is 353 g/mol. The molecule has 0 saturated carbocycles. The van der Waals surface area contributed by atoms with Crippen molar-refractivity contribution >= 4 is 34.5 Å². The maximum atomic E-state index is 6.15. The first-order chi connectivity index (χ1) is 10.7. The lowest BCUT2D eigenvalue weighted by molar-refractivity contribution is 0.583. The van der Waals surface area contributed by atoms with E-state index in [1.165, 1.54) is 0 Å². The highest BCUT2D eigenvalue weighted by atomic mass is 35.5. The summed E-state index contributed by atoms with van der Waals surface area (Å²) in [6, 6.07) is 9.41. The van der Waals surface area contributed by atoms with Crippen molar-refractivity contribution in [3.05, 3.63) is 63.4 Å². The summed E-state index contributed by atoms with van der Waals surface area (Å²) < 4.78 is 5.36. The molecule has 0 fully saturated rings. The third-order valence-electron chi connectivity index (χ3n) is 3.18. The van der Waals surface area contributed by atoms with E-state index in [4.69, 9.17) is 27.6 Å². The number of hydrogen-bond donors (Lipinski definition) is 1. The molecule has 6 heteroatoms. The molecule has 0 amide bonds. The van der Waals surface area contributed by atoms with Gasteiger partial charge >= 0.3 is 0 Å². The molecule has 3 aromatic rings. The Kier molecular flexibility index (Phi) is 5.16. The van der Waals surface area contributed by atoms with Gasteiger partial charge in [0.25, 0.3) is 0 Å². The van der Waals surface area contributed by atoms with Gasteiger partial charge in [-0.05, 0) is 42.8 Å². The molecular weight excluding hydrogens is 339 g/mol. The Hall–Kier alpha value is -1.33. The summed E-state index contributed by atoms with van der Waals surface area (Å²) >= 11 is 13.7. The first-order valence-corrected chi connectivity index (χ1v) is 8.43. The van der Waals surface area contributed by atoms with E-state index in [0.29, 0.717) is 10.0 Å². The summed E-state index contributed by atoms with van der Waals surface area (Å²) in [6.07, 6.45) is 4.37. The maximum Gasteiger partial charge on any atom is 0.145 e. The van der Waals surface area contributed by atoms with E-state index in [2.05, 4.69) is 10.3 Å². The van der Waals surface area contributed by atoms with E-state index >= 15 is 0 Å². The molecule has 114 valence electrons. The number of benzene rings is 1. The van der Waals surface area contributed by atoms with E-state index in [-0.39, 0.29) is 0 Å². The van der Waals surface area contributed by atoms with Crippen molar-refractivity contribution in [2.75, 3.05) is 6.54 Å². The zero-order valence-corrected chi connectivity index (χ0v) is 14.0. The number of hydrogen-bond acceptors (Lipinski definition) is 4. The van der Waals surface area contributed by atoms with Crippen molar-refractivity contribution in [2.45, 2.75) is 13.0 Å². The molecule has 0 aliphatic rings. The molecule has 2 aromatic heterocycles. The Bertz CT molecular complexity index is 740. The van der Waals surface area contributed by atoms with Gasteiger partial charge in [0.15, 0.2) is 0 Å². The minimum Gasteiger partial charge on any atom is -0.463 e. The van der Waals surface area contributed by atoms with Crippen LogP contribution >= 0.6 is 34.5 Å². The van der Waals surface area contributed by atoms with Crippen molar-refractivity contribution in [3.8, 4) is 10.6 Å². The Morgan fingerprint density at radius 3 is 2.91 bits per heavy atom. The fraction of sp³-hybridized carbons (Fsp3) is 0.188. The average Bonchev–Trinajstić information content (AvgIpc) is 3.16. The molecule has 0 atom stereocenters. The summed E-state index contributed by atoms with van der Waals surface area (Å²) in [5, 5.41) is 5.79. The monoisotopic (exact) mass is 352 g/mol.